The Morgan fingerprint density at radius 3 is 2.57 bits per heavy atom. The first-order chi connectivity index (χ1) is 14.1. The van der Waals surface area contributed by atoms with Crippen LogP contribution in [0.15, 0.2) is 48.5 Å². The Hall–Kier alpha value is -2.11. The predicted octanol–water partition coefficient (Wildman–Crippen LogP) is 4.22. The van der Waals surface area contributed by atoms with Gasteiger partial charge in [0, 0.05) is 24.6 Å². The van der Waals surface area contributed by atoms with Gasteiger partial charge in [-0.05, 0) is 68.0 Å². The van der Waals surface area contributed by atoms with Gasteiger partial charge in [0.1, 0.15) is 11.6 Å². The van der Waals surface area contributed by atoms with Crippen LogP contribution in [0.5, 0.6) is 5.75 Å². The molecule has 1 atom stereocenters. The molecule has 1 amide bonds. The van der Waals surface area contributed by atoms with E-state index in [4.69, 9.17) is 4.74 Å². The second kappa shape index (κ2) is 9.80. The molecule has 1 heterocycles. The van der Waals surface area contributed by atoms with Crippen molar-refractivity contribution in [1.82, 2.24) is 10.2 Å². The van der Waals surface area contributed by atoms with E-state index in [-0.39, 0.29) is 35.5 Å². The van der Waals surface area contributed by atoms with Crippen molar-refractivity contribution in [3.8, 4) is 5.75 Å². The van der Waals surface area contributed by atoms with Crippen molar-refractivity contribution in [1.29, 1.82) is 0 Å². The molecule has 2 aromatic rings. The molecule has 1 unspecified atom stereocenters. The Labute approximate surface area is 184 Å². The third-order valence-corrected chi connectivity index (χ3v) is 6.54. The van der Waals surface area contributed by atoms with Crippen LogP contribution in [0.2, 0.25) is 0 Å². The zero-order valence-corrected chi connectivity index (χ0v) is 18.2. The van der Waals surface area contributed by atoms with E-state index in [0.717, 1.165) is 49.2 Å². The third-order valence-electron chi connectivity index (χ3n) is 6.54. The van der Waals surface area contributed by atoms with Gasteiger partial charge < -0.3 is 15.0 Å². The van der Waals surface area contributed by atoms with Crippen molar-refractivity contribution in [2.45, 2.75) is 32.2 Å². The number of methoxy groups -OCH3 is 1. The fourth-order valence-corrected chi connectivity index (χ4v) is 4.62. The number of carbonyl (C=O) groups is 1. The van der Waals surface area contributed by atoms with Crippen LogP contribution in [0.25, 0.3) is 0 Å². The fourth-order valence-electron chi connectivity index (χ4n) is 4.62. The van der Waals surface area contributed by atoms with Crippen LogP contribution in [0.4, 0.5) is 4.39 Å². The number of carbonyl (C=O) groups excluding carboxylic acids is 1. The van der Waals surface area contributed by atoms with E-state index >= 15 is 0 Å². The zero-order chi connectivity index (χ0) is 20.3. The fraction of sp³-hybridized carbons (Fsp3) is 0.458. The summed E-state index contributed by atoms with van der Waals surface area (Å²) in [4.78, 5) is 15.4. The highest BCUT2D eigenvalue weighted by molar-refractivity contribution is 5.85. The van der Waals surface area contributed by atoms with Crippen molar-refractivity contribution in [3.63, 3.8) is 0 Å². The number of nitrogens with one attached hydrogen (secondary N) is 1. The molecule has 0 bridgehead atoms. The minimum atomic E-state index is -0.235. The maximum atomic E-state index is 13.5. The molecule has 2 fully saturated rings. The highest BCUT2D eigenvalue weighted by Gasteiger charge is 2.58. The lowest BCUT2D eigenvalue weighted by atomic mass is 9.91. The minimum absolute atomic E-state index is 0. The van der Waals surface area contributed by atoms with Gasteiger partial charge >= 0.3 is 0 Å². The first-order valence-corrected chi connectivity index (χ1v) is 10.5. The lowest BCUT2D eigenvalue weighted by Gasteiger charge is -2.27. The quantitative estimate of drug-likeness (QED) is 0.712. The minimum Gasteiger partial charge on any atom is -0.496 e. The molecule has 4 rings (SSSR count). The molecule has 6 heteroatoms. The van der Waals surface area contributed by atoms with E-state index in [9.17, 15) is 9.18 Å². The summed E-state index contributed by atoms with van der Waals surface area (Å²) in [5.74, 6) is 0.952. The number of ether oxygens (including phenoxy) is 1. The molecule has 1 aliphatic carbocycles. The Morgan fingerprint density at radius 2 is 1.87 bits per heavy atom. The van der Waals surface area contributed by atoms with Gasteiger partial charge in [-0.3, -0.25) is 4.79 Å². The molecule has 162 valence electrons. The van der Waals surface area contributed by atoms with Crippen LogP contribution in [0, 0.1) is 17.2 Å². The van der Waals surface area contributed by atoms with E-state index in [1.54, 1.807) is 19.2 Å². The summed E-state index contributed by atoms with van der Waals surface area (Å²) in [6.07, 6.45) is 3.89. The van der Waals surface area contributed by atoms with E-state index in [2.05, 4.69) is 5.32 Å². The highest BCUT2D eigenvalue weighted by Crippen LogP contribution is 2.59. The molecule has 0 aromatic heterocycles. The second-order valence-corrected chi connectivity index (χ2v) is 8.32. The van der Waals surface area contributed by atoms with Gasteiger partial charge in [0.25, 0.3) is 0 Å². The van der Waals surface area contributed by atoms with Gasteiger partial charge in [0.2, 0.25) is 5.91 Å². The summed E-state index contributed by atoms with van der Waals surface area (Å²) in [6.45, 7) is 3.17. The number of rotatable bonds is 7. The van der Waals surface area contributed by atoms with Gasteiger partial charge in [0.05, 0.1) is 7.11 Å². The van der Waals surface area contributed by atoms with Crippen molar-refractivity contribution in [3.05, 3.63) is 65.5 Å². The molecular formula is C24H30ClFN2O2. The molecule has 1 saturated heterocycles. The summed E-state index contributed by atoms with van der Waals surface area (Å²) in [7, 11) is 1.66. The molecule has 2 aliphatic rings. The Bertz CT molecular complexity index is 853. The van der Waals surface area contributed by atoms with Gasteiger partial charge in [-0.1, -0.05) is 30.3 Å². The molecule has 1 aliphatic heterocycles. The smallest absolute Gasteiger partial charge is 0.226 e. The highest BCUT2D eigenvalue weighted by atomic mass is 35.5. The van der Waals surface area contributed by atoms with E-state index < -0.39 is 0 Å². The maximum absolute atomic E-state index is 13.5. The average molecular weight is 433 g/mol. The number of para-hydroxylation sites is 1. The average Bonchev–Trinajstić information content (AvgIpc) is 3.45. The van der Waals surface area contributed by atoms with Gasteiger partial charge in [0.15, 0.2) is 0 Å². The predicted molar refractivity (Wildman–Crippen MR) is 118 cm³/mol. The number of hydrogen-bond donors (Lipinski definition) is 1. The summed E-state index contributed by atoms with van der Waals surface area (Å²) in [5.41, 5.74) is 2.26. The summed E-state index contributed by atoms with van der Waals surface area (Å²) in [6, 6.07) is 14.4. The van der Waals surface area contributed by atoms with Crippen molar-refractivity contribution < 1.29 is 13.9 Å². The van der Waals surface area contributed by atoms with E-state index in [0.29, 0.717) is 19.5 Å². The first kappa shape index (κ1) is 22.6. The Balaban J connectivity index is 0.00000256. The molecule has 1 saturated carbocycles. The molecular weight excluding hydrogens is 403 g/mol. The van der Waals surface area contributed by atoms with Crippen LogP contribution in [0.1, 0.15) is 30.4 Å². The Kier molecular flexibility index (Phi) is 7.37. The molecule has 30 heavy (non-hydrogen) atoms. The number of nitrogens with zero attached hydrogens (tertiary/aromatic N) is 1. The number of amides is 1. The normalized spacial score (nSPS) is 19.1. The van der Waals surface area contributed by atoms with Crippen molar-refractivity contribution in [2.75, 3.05) is 26.7 Å². The van der Waals surface area contributed by atoms with Crippen LogP contribution >= 0.6 is 12.4 Å². The summed E-state index contributed by atoms with van der Waals surface area (Å²) in [5, 5.41) is 3.40. The standard InChI is InChI=1S/C24H29FN2O2.ClH/c1-29-22-5-3-2-4-19(22)17-27(15-10-18-6-8-20(25)9-7-18)23(28)21-16-24(21)11-13-26-14-12-24;/h2-9,21,26H,10-17H2,1H3;1H. The summed E-state index contributed by atoms with van der Waals surface area (Å²) >= 11 is 0. The SMILES string of the molecule is COc1ccccc1CN(CCc1ccc(F)cc1)C(=O)C1CC12CCNCC2.Cl. The number of hydrogen-bond acceptors (Lipinski definition) is 3. The van der Waals surface area contributed by atoms with Gasteiger partial charge in [-0.2, -0.15) is 0 Å². The number of piperidine rings is 1. The van der Waals surface area contributed by atoms with Crippen LogP contribution in [-0.4, -0.2) is 37.6 Å². The van der Waals surface area contributed by atoms with Gasteiger partial charge in [-0.25, -0.2) is 4.39 Å². The topological polar surface area (TPSA) is 41.6 Å². The van der Waals surface area contributed by atoms with Gasteiger partial charge in [-0.15, -0.1) is 12.4 Å². The largest absolute Gasteiger partial charge is 0.496 e. The molecule has 0 radical (unpaired) electrons. The summed E-state index contributed by atoms with van der Waals surface area (Å²) < 4.78 is 18.7. The third kappa shape index (κ3) is 4.96. The number of halogens is 2. The molecule has 4 nitrogen and oxygen atoms in total. The first-order valence-electron chi connectivity index (χ1n) is 10.5. The monoisotopic (exact) mass is 432 g/mol. The zero-order valence-electron chi connectivity index (χ0n) is 17.4. The van der Waals surface area contributed by atoms with Crippen molar-refractivity contribution in [2.24, 2.45) is 11.3 Å². The van der Waals surface area contributed by atoms with Crippen LogP contribution in [0.3, 0.4) is 0 Å². The lowest BCUT2D eigenvalue weighted by Crippen LogP contribution is -2.37. The van der Waals surface area contributed by atoms with Crippen LogP contribution < -0.4 is 10.1 Å². The molecule has 2 aromatic carbocycles. The lowest BCUT2D eigenvalue weighted by molar-refractivity contribution is -0.134. The second-order valence-electron chi connectivity index (χ2n) is 8.32. The molecule has 1 N–H and O–H groups in total. The maximum Gasteiger partial charge on any atom is 0.226 e. The number of benzene rings is 2. The van der Waals surface area contributed by atoms with Crippen LogP contribution in [-0.2, 0) is 17.8 Å². The molecule has 1 spiro atoms. The van der Waals surface area contributed by atoms with Crippen molar-refractivity contribution >= 4 is 18.3 Å². The van der Waals surface area contributed by atoms with E-state index in [1.807, 2.05) is 29.2 Å². The van der Waals surface area contributed by atoms with E-state index in [1.165, 1.54) is 12.1 Å². The Morgan fingerprint density at radius 1 is 1.17 bits per heavy atom.